The maximum atomic E-state index is 12.1. The van der Waals surface area contributed by atoms with Crippen LogP contribution in [0.4, 0.5) is 0 Å². The van der Waals surface area contributed by atoms with Crippen LogP contribution < -0.4 is 10.6 Å². The molecule has 0 radical (unpaired) electrons. The Hall–Kier alpha value is -1.88. The Balaban J connectivity index is 1.98. The minimum atomic E-state index is -0.744. The lowest BCUT2D eigenvalue weighted by atomic mass is 9.78. The summed E-state index contributed by atoms with van der Waals surface area (Å²) in [5, 5.41) is 5.40. The van der Waals surface area contributed by atoms with Crippen molar-refractivity contribution in [3.8, 4) is 0 Å². The molecule has 0 bridgehead atoms. The maximum Gasteiger partial charge on any atom is 0.228 e. The Bertz CT molecular complexity index is 475. The number of rotatable bonds is 5. The number of carbonyl (C=O) groups is 2. The third-order valence-corrected chi connectivity index (χ3v) is 3.62. The van der Waals surface area contributed by atoms with Gasteiger partial charge in [0, 0.05) is 20.0 Å². The van der Waals surface area contributed by atoms with E-state index in [0.29, 0.717) is 19.6 Å². The average Bonchev–Trinajstić information content (AvgIpc) is 2.47. The van der Waals surface area contributed by atoms with Gasteiger partial charge in [0.1, 0.15) is 0 Å². The molecule has 1 aliphatic heterocycles. The molecule has 1 aromatic carbocycles. The van der Waals surface area contributed by atoms with E-state index < -0.39 is 5.41 Å². The SMILES string of the molecule is CNC(=O)C1(COCc2ccccc2)CCNC(=O)C1. The van der Waals surface area contributed by atoms with Crippen LogP contribution in [0, 0.1) is 5.41 Å². The predicted octanol–water partition coefficient (Wildman–Crippen LogP) is 0.846. The number of ether oxygens (including phenoxy) is 1. The molecule has 2 amide bonds. The lowest BCUT2D eigenvalue weighted by molar-refractivity contribution is -0.144. The van der Waals surface area contributed by atoms with E-state index in [9.17, 15) is 9.59 Å². The zero-order chi connectivity index (χ0) is 14.4. The maximum absolute atomic E-state index is 12.1. The molecule has 1 fully saturated rings. The van der Waals surface area contributed by atoms with E-state index >= 15 is 0 Å². The summed E-state index contributed by atoms with van der Waals surface area (Å²) < 4.78 is 5.69. The molecular weight excluding hydrogens is 256 g/mol. The Morgan fingerprint density at radius 2 is 2.15 bits per heavy atom. The van der Waals surface area contributed by atoms with Crippen LogP contribution in [-0.2, 0) is 20.9 Å². The van der Waals surface area contributed by atoms with Crippen LogP contribution in [-0.4, -0.2) is 32.0 Å². The van der Waals surface area contributed by atoms with Gasteiger partial charge < -0.3 is 15.4 Å². The minimum Gasteiger partial charge on any atom is -0.376 e. The highest BCUT2D eigenvalue weighted by molar-refractivity contribution is 5.90. The molecule has 0 aliphatic carbocycles. The molecule has 0 aromatic heterocycles. The zero-order valence-corrected chi connectivity index (χ0v) is 11.6. The first-order valence-electron chi connectivity index (χ1n) is 6.77. The van der Waals surface area contributed by atoms with Gasteiger partial charge in [0.05, 0.1) is 18.6 Å². The molecule has 108 valence electrons. The number of hydrogen-bond acceptors (Lipinski definition) is 3. The van der Waals surface area contributed by atoms with E-state index in [1.54, 1.807) is 7.05 Å². The number of benzene rings is 1. The largest absolute Gasteiger partial charge is 0.376 e. The van der Waals surface area contributed by atoms with Crippen molar-refractivity contribution in [2.45, 2.75) is 19.4 Å². The van der Waals surface area contributed by atoms with Crippen LogP contribution in [0.3, 0.4) is 0 Å². The van der Waals surface area contributed by atoms with E-state index in [1.807, 2.05) is 30.3 Å². The number of piperidine rings is 1. The molecule has 5 nitrogen and oxygen atoms in total. The van der Waals surface area contributed by atoms with Crippen LogP contribution in [0.1, 0.15) is 18.4 Å². The van der Waals surface area contributed by atoms with Crippen LogP contribution in [0.5, 0.6) is 0 Å². The fourth-order valence-corrected chi connectivity index (χ4v) is 2.49. The summed E-state index contributed by atoms with van der Waals surface area (Å²) in [5.74, 6) is -0.219. The van der Waals surface area contributed by atoms with E-state index in [0.717, 1.165) is 5.56 Å². The molecule has 0 spiro atoms. The second-order valence-corrected chi connectivity index (χ2v) is 5.11. The smallest absolute Gasteiger partial charge is 0.228 e. The third-order valence-electron chi connectivity index (χ3n) is 3.62. The van der Waals surface area contributed by atoms with Crippen molar-refractivity contribution >= 4 is 11.8 Å². The van der Waals surface area contributed by atoms with E-state index in [4.69, 9.17) is 4.74 Å². The van der Waals surface area contributed by atoms with Gasteiger partial charge in [-0.2, -0.15) is 0 Å². The molecule has 1 aliphatic rings. The summed E-state index contributed by atoms with van der Waals surface area (Å²) in [6.07, 6.45) is 0.786. The molecule has 1 unspecified atom stereocenters. The van der Waals surface area contributed by atoms with Crippen LogP contribution in [0.2, 0.25) is 0 Å². The third kappa shape index (κ3) is 3.36. The molecule has 1 heterocycles. The second-order valence-electron chi connectivity index (χ2n) is 5.11. The van der Waals surface area contributed by atoms with Crippen molar-refractivity contribution in [1.29, 1.82) is 0 Å². The first-order valence-corrected chi connectivity index (χ1v) is 6.77. The molecular formula is C15H20N2O3. The quantitative estimate of drug-likeness (QED) is 0.837. The fourth-order valence-electron chi connectivity index (χ4n) is 2.49. The van der Waals surface area contributed by atoms with Gasteiger partial charge in [0.25, 0.3) is 0 Å². The van der Waals surface area contributed by atoms with Gasteiger partial charge in [-0.15, -0.1) is 0 Å². The van der Waals surface area contributed by atoms with Gasteiger partial charge in [-0.05, 0) is 12.0 Å². The van der Waals surface area contributed by atoms with Gasteiger partial charge in [-0.3, -0.25) is 9.59 Å². The molecule has 1 atom stereocenters. The molecule has 1 saturated heterocycles. The van der Waals surface area contributed by atoms with Crippen molar-refractivity contribution in [1.82, 2.24) is 10.6 Å². The number of amides is 2. The Morgan fingerprint density at radius 3 is 2.80 bits per heavy atom. The summed E-state index contributed by atoms with van der Waals surface area (Å²) >= 11 is 0. The standard InChI is InChI=1S/C15H20N2O3/c1-16-14(19)15(7-8-17-13(18)9-15)11-20-10-12-5-3-2-4-6-12/h2-6H,7-11H2,1H3,(H,16,19)(H,17,18). The van der Waals surface area contributed by atoms with Gasteiger partial charge in [0.2, 0.25) is 11.8 Å². The number of hydrogen-bond donors (Lipinski definition) is 2. The van der Waals surface area contributed by atoms with Crippen molar-refractivity contribution in [3.05, 3.63) is 35.9 Å². The Morgan fingerprint density at radius 1 is 1.40 bits per heavy atom. The average molecular weight is 276 g/mol. The van der Waals surface area contributed by atoms with E-state index in [-0.39, 0.29) is 24.8 Å². The first kappa shape index (κ1) is 14.5. The molecule has 1 aromatic rings. The lowest BCUT2D eigenvalue weighted by Crippen LogP contribution is -2.51. The van der Waals surface area contributed by atoms with Crippen molar-refractivity contribution < 1.29 is 14.3 Å². The van der Waals surface area contributed by atoms with E-state index in [2.05, 4.69) is 10.6 Å². The summed E-state index contributed by atoms with van der Waals surface area (Å²) in [7, 11) is 1.59. The summed E-state index contributed by atoms with van der Waals surface area (Å²) in [5.41, 5.74) is 0.311. The molecule has 20 heavy (non-hydrogen) atoms. The highest BCUT2D eigenvalue weighted by atomic mass is 16.5. The molecule has 0 saturated carbocycles. The normalized spacial score (nSPS) is 22.1. The first-order chi connectivity index (χ1) is 9.66. The van der Waals surface area contributed by atoms with Crippen molar-refractivity contribution in [2.24, 2.45) is 5.41 Å². The van der Waals surface area contributed by atoms with Gasteiger partial charge in [-0.25, -0.2) is 0 Å². The summed E-state index contributed by atoms with van der Waals surface area (Å²) in [6.45, 7) is 1.22. The number of carbonyl (C=O) groups excluding carboxylic acids is 2. The summed E-state index contributed by atoms with van der Waals surface area (Å²) in [4.78, 5) is 23.7. The molecule has 5 heteroatoms. The lowest BCUT2D eigenvalue weighted by Gasteiger charge is -2.34. The Kier molecular flexibility index (Phi) is 4.74. The van der Waals surface area contributed by atoms with Crippen LogP contribution in [0.15, 0.2) is 30.3 Å². The summed E-state index contributed by atoms with van der Waals surface area (Å²) in [6, 6.07) is 9.78. The molecule has 2 rings (SSSR count). The van der Waals surface area contributed by atoms with Gasteiger partial charge in [-0.1, -0.05) is 30.3 Å². The second kappa shape index (κ2) is 6.52. The fraction of sp³-hybridized carbons (Fsp3) is 0.467. The zero-order valence-electron chi connectivity index (χ0n) is 11.6. The van der Waals surface area contributed by atoms with E-state index in [1.165, 1.54) is 0 Å². The van der Waals surface area contributed by atoms with Crippen LogP contribution in [0.25, 0.3) is 0 Å². The highest BCUT2D eigenvalue weighted by Crippen LogP contribution is 2.30. The van der Waals surface area contributed by atoms with Crippen molar-refractivity contribution in [3.63, 3.8) is 0 Å². The topological polar surface area (TPSA) is 67.4 Å². The molecule has 2 N–H and O–H groups in total. The van der Waals surface area contributed by atoms with Crippen LogP contribution >= 0.6 is 0 Å². The number of nitrogens with one attached hydrogen (secondary N) is 2. The monoisotopic (exact) mass is 276 g/mol. The van der Waals surface area contributed by atoms with Crippen molar-refractivity contribution in [2.75, 3.05) is 20.2 Å². The Labute approximate surface area is 118 Å². The highest BCUT2D eigenvalue weighted by Gasteiger charge is 2.42. The minimum absolute atomic E-state index is 0.0943. The van der Waals surface area contributed by atoms with Gasteiger partial charge >= 0.3 is 0 Å². The van der Waals surface area contributed by atoms with Gasteiger partial charge in [0.15, 0.2) is 0 Å². The predicted molar refractivity (Wildman–Crippen MR) is 74.8 cm³/mol.